The molecule has 132 valence electrons. The lowest BCUT2D eigenvalue weighted by Crippen LogP contribution is -2.34. The van der Waals surface area contributed by atoms with Gasteiger partial charge in [0.1, 0.15) is 17.5 Å². The average Bonchev–Trinajstić information content (AvgIpc) is 2.62. The molecule has 0 radical (unpaired) electrons. The van der Waals surface area contributed by atoms with Gasteiger partial charge >= 0.3 is 5.97 Å². The number of ether oxygens (including phenoxy) is 1. The van der Waals surface area contributed by atoms with Crippen molar-refractivity contribution < 1.29 is 18.7 Å². The first-order chi connectivity index (χ1) is 12.0. The van der Waals surface area contributed by atoms with Gasteiger partial charge < -0.3 is 15.0 Å². The van der Waals surface area contributed by atoms with Crippen LogP contribution in [0.5, 0.6) is 0 Å². The summed E-state index contributed by atoms with van der Waals surface area (Å²) in [6, 6.07) is 7.18. The summed E-state index contributed by atoms with van der Waals surface area (Å²) in [5.74, 6) is -1.29. The Bertz CT molecular complexity index is 687. The smallest absolute Gasteiger partial charge is 0.309 e. The molecule has 1 aromatic rings. The molecule has 0 saturated carbocycles. The minimum atomic E-state index is -0.554. The molecule has 0 spiro atoms. The molecule has 1 N–H and O–H groups in total. The van der Waals surface area contributed by atoms with E-state index in [2.05, 4.69) is 5.32 Å². The fraction of sp³-hybridized carbons (Fsp3) is 0.389. The van der Waals surface area contributed by atoms with E-state index in [0.717, 1.165) is 0 Å². The number of carbonyl (C=O) groups is 2. The van der Waals surface area contributed by atoms with Crippen LogP contribution in [0.25, 0.3) is 0 Å². The van der Waals surface area contributed by atoms with Gasteiger partial charge in [0.25, 0.3) is 5.91 Å². The van der Waals surface area contributed by atoms with E-state index in [4.69, 9.17) is 4.74 Å². The second-order valence-corrected chi connectivity index (χ2v) is 5.68. The third-order valence-electron chi connectivity index (χ3n) is 3.93. The predicted molar refractivity (Wildman–Crippen MR) is 89.7 cm³/mol. The lowest BCUT2D eigenvalue weighted by atomic mass is 9.97. The summed E-state index contributed by atoms with van der Waals surface area (Å²) in [5.41, 5.74) is 0.368. The molecule has 1 aliphatic rings. The first-order valence-corrected chi connectivity index (χ1v) is 8.13. The number of rotatable bonds is 5. The standard InChI is InChI=1S/C18H20FN3O3/c1-2-25-18(24)13-7-9-22(10-8-13)12-14(11-20)17(23)21-16-5-3-15(19)4-6-16/h3-6,12-13H,2,7-10H2,1H3,(H,21,23)/b14-12-. The molecule has 1 heterocycles. The van der Waals surface area contributed by atoms with Crippen LogP contribution in [-0.4, -0.2) is 36.5 Å². The summed E-state index contributed by atoms with van der Waals surface area (Å²) in [7, 11) is 0. The Labute approximate surface area is 145 Å². The van der Waals surface area contributed by atoms with Gasteiger partial charge in [-0.05, 0) is 44.0 Å². The van der Waals surface area contributed by atoms with Crippen LogP contribution in [-0.2, 0) is 14.3 Å². The van der Waals surface area contributed by atoms with Crippen LogP contribution in [0.2, 0.25) is 0 Å². The van der Waals surface area contributed by atoms with E-state index in [1.54, 1.807) is 6.92 Å². The maximum atomic E-state index is 12.9. The molecule has 1 saturated heterocycles. The van der Waals surface area contributed by atoms with Crippen LogP contribution >= 0.6 is 0 Å². The molecule has 1 fully saturated rings. The summed E-state index contributed by atoms with van der Waals surface area (Å²) >= 11 is 0. The zero-order valence-electron chi connectivity index (χ0n) is 14.0. The van der Waals surface area contributed by atoms with Crippen LogP contribution < -0.4 is 5.32 Å². The molecule has 0 bridgehead atoms. The van der Waals surface area contributed by atoms with Crippen molar-refractivity contribution in [2.45, 2.75) is 19.8 Å². The molecule has 1 amide bonds. The predicted octanol–water partition coefficient (Wildman–Crippen LogP) is 2.45. The number of amides is 1. The van der Waals surface area contributed by atoms with Crippen molar-refractivity contribution in [3.63, 3.8) is 0 Å². The highest BCUT2D eigenvalue weighted by molar-refractivity contribution is 6.06. The lowest BCUT2D eigenvalue weighted by molar-refractivity contribution is -0.149. The number of anilines is 1. The Kier molecular flexibility index (Phi) is 6.52. The molecular weight excluding hydrogens is 325 g/mol. The minimum absolute atomic E-state index is 0.0427. The normalized spacial score (nSPS) is 15.4. The van der Waals surface area contributed by atoms with Gasteiger partial charge in [0.2, 0.25) is 0 Å². The van der Waals surface area contributed by atoms with Gasteiger partial charge in [-0.1, -0.05) is 0 Å². The summed E-state index contributed by atoms with van der Waals surface area (Å²) in [6.45, 7) is 3.27. The zero-order chi connectivity index (χ0) is 18.2. The van der Waals surface area contributed by atoms with Gasteiger partial charge in [-0.25, -0.2) is 4.39 Å². The Balaban J connectivity index is 1.94. The third-order valence-corrected chi connectivity index (χ3v) is 3.93. The molecule has 0 aromatic heterocycles. The van der Waals surface area contributed by atoms with Crippen LogP contribution in [0, 0.1) is 23.1 Å². The van der Waals surface area contributed by atoms with E-state index < -0.39 is 11.7 Å². The molecule has 0 unspecified atom stereocenters. The maximum Gasteiger partial charge on any atom is 0.309 e. The van der Waals surface area contributed by atoms with Crippen molar-refractivity contribution >= 4 is 17.6 Å². The summed E-state index contributed by atoms with van der Waals surface area (Å²) in [6.07, 6.45) is 2.74. The molecular formula is C18H20FN3O3. The third kappa shape index (κ3) is 5.31. The number of hydrogen-bond donors (Lipinski definition) is 1. The Hall–Kier alpha value is -2.88. The van der Waals surface area contributed by atoms with Crippen LogP contribution in [0.1, 0.15) is 19.8 Å². The summed E-state index contributed by atoms with van der Waals surface area (Å²) < 4.78 is 17.9. The highest BCUT2D eigenvalue weighted by atomic mass is 19.1. The van der Waals surface area contributed by atoms with Crippen LogP contribution in [0.4, 0.5) is 10.1 Å². The number of likely N-dealkylation sites (tertiary alicyclic amines) is 1. The number of halogens is 1. The summed E-state index contributed by atoms with van der Waals surface area (Å²) in [5, 5.41) is 11.8. The highest BCUT2D eigenvalue weighted by Crippen LogP contribution is 2.19. The fourth-order valence-electron chi connectivity index (χ4n) is 2.58. The number of nitriles is 1. The molecule has 1 aromatic carbocycles. The van der Waals surface area contributed by atoms with Crippen molar-refractivity contribution in [3.8, 4) is 6.07 Å². The number of carbonyl (C=O) groups excluding carboxylic acids is 2. The Morgan fingerprint density at radius 2 is 2.00 bits per heavy atom. The van der Waals surface area contributed by atoms with E-state index in [-0.39, 0.29) is 17.5 Å². The molecule has 2 rings (SSSR count). The number of piperidine rings is 1. The van der Waals surface area contributed by atoms with Gasteiger partial charge in [-0.2, -0.15) is 5.26 Å². The van der Waals surface area contributed by atoms with Crippen molar-refractivity contribution in [3.05, 3.63) is 41.9 Å². The van der Waals surface area contributed by atoms with Crippen LogP contribution in [0.15, 0.2) is 36.0 Å². The molecule has 6 nitrogen and oxygen atoms in total. The van der Waals surface area contributed by atoms with Crippen molar-refractivity contribution in [2.75, 3.05) is 25.0 Å². The fourth-order valence-corrected chi connectivity index (χ4v) is 2.58. The SMILES string of the molecule is CCOC(=O)C1CCN(/C=C(/C#N)C(=O)Nc2ccc(F)cc2)CC1. The number of esters is 1. The summed E-state index contributed by atoms with van der Waals surface area (Å²) in [4.78, 5) is 25.7. The Morgan fingerprint density at radius 3 is 2.56 bits per heavy atom. The van der Waals surface area contributed by atoms with Gasteiger partial charge in [0, 0.05) is 25.0 Å². The lowest BCUT2D eigenvalue weighted by Gasteiger charge is -2.30. The quantitative estimate of drug-likeness (QED) is 0.503. The molecule has 0 atom stereocenters. The van der Waals surface area contributed by atoms with Gasteiger partial charge in [-0.3, -0.25) is 9.59 Å². The zero-order valence-corrected chi connectivity index (χ0v) is 14.0. The monoisotopic (exact) mass is 345 g/mol. The van der Waals surface area contributed by atoms with E-state index in [1.807, 2.05) is 11.0 Å². The van der Waals surface area contributed by atoms with Gasteiger partial charge in [-0.15, -0.1) is 0 Å². The minimum Gasteiger partial charge on any atom is -0.466 e. The van der Waals surface area contributed by atoms with E-state index in [0.29, 0.717) is 38.2 Å². The highest BCUT2D eigenvalue weighted by Gasteiger charge is 2.25. The first-order valence-electron chi connectivity index (χ1n) is 8.13. The van der Waals surface area contributed by atoms with Crippen molar-refractivity contribution in [2.24, 2.45) is 5.92 Å². The Morgan fingerprint density at radius 1 is 1.36 bits per heavy atom. The van der Waals surface area contributed by atoms with Crippen LogP contribution in [0.3, 0.4) is 0 Å². The largest absolute Gasteiger partial charge is 0.466 e. The second-order valence-electron chi connectivity index (χ2n) is 5.68. The van der Waals surface area contributed by atoms with Gasteiger partial charge in [0.05, 0.1) is 12.5 Å². The van der Waals surface area contributed by atoms with Crippen molar-refractivity contribution in [1.82, 2.24) is 4.90 Å². The molecule has 7 heteroatoms. The number of nitrogens with zero attached hydrogens (tertiary/aromatic N) is 2. The van der Waals surface area contributed by atoms with E-state index in [9.17, 15) is 19.2 Å². The second kappa shape index (κ2) is 8.83. The van der Waals surface area contributed by atoms with E-state index >= 15 is 0 Å². The van der Waals surface area contributed by atoms with Gasteiger partial charge in [0.15, 0.2) is 0 Å². The average molecular weight is 345 g/mol. The maximum absolute atomic E-state index is 12.9. The first kappa shape index (κ1) is 18.5. The number of benzene rings is 1. The molecule has 25 heavy (non-hydrogen) atoms. The molecule has 0 aliphatic carbocycles. The molecule has 1 aliphatic heterocycles. The number of nitrogens with one attached hydrogen (secondary N) is 1. The van der Waals surface area contributed by atoms with Crippen molar-refractivity contribution in [1.29, 1.82) is 5.26 Å². The number of hydrogen-bond acceptors (Lipinski definition) is 5. The van der Waals surface area contributed by atoms with E-state index in [1.165, 1.54) is 30.5 Å². The topological polar surface area (TPSA) is 82.4 Å².